The number of benzene rings is 2. The summed E-state index contributed by atoms with van der Waals surface area (Å²) in [5.41, 5.74) is 1.58. The summed E-state index contributed by atoms with van der Waals surface area (Å²) >= 11 is 3.11. The summed E-state index contributed by atoms with van der Waals surface area (Å²) in [6, 6.07) is 8.89. The average Bonchev–Trinajstić information content (AvgIpc) is 2.86. The van der Waals surface area contributed by atoms with Gasteiger partial charge in [-0.05, 0) is 55.7 Å². The predicted molar refractivity (Wildman–Crippen MR) is 106 cm³/mol. The number of imide groups is 1. The number of hydrogen-bond acceptors (Lipinski definition) is 4. The summed E-state index contributed by atoms with van der Waals surface area (Å²) in [5, 5.41) is 14.9. The summed E-state index contributed by atoms with van der Waals surface area (Å²) in [7, 11) is 0. The van der Waals surface area contributed by atoms with E-state index in [0.29, 0.717) is 15.9 Å². The highest BCUT2D eigenvalue weighted by atomic mass is 79.9. The zero-order chi connectivity index (χ0) is 21.2. The quantitative estimate of drug-likeness (QED) is 0.508. The number of phenols is 1. The predicted octanol–water partition coefficient (Wildman–Crippen LogP) is 3.27. The third-order valence-corrected chi connectivity index (χ3v) is 4.97. The van der Waals surface area contributed by atoms with Gasteiger partial charge in [0.25, 0.3) is 5.91 Å². The van der Waals surface area contributed by atoms with Gasteiger partial charge in [0.15, 0.2) is 0 Å². The van der Waals surface area contributed by atoms with E-state index in [4.69, 9.17) is 0 Å². The average molecular weight is 465 g/mol. The van der Waals surface area contributed by atoms with Crippen LogP contribution in [0.15, 0.2) is 46.9 Å². The molecule has 1 fully saturated rings. The molecule has 5 amide bonds. The molecule has 1 aliphatic heterocycles. The molecular formula is C19H18BrFN4O4. The van der Waals surface area contributed by atoms with Crippen LogP contribution in [-0.4, -0.2) is 33.6 Å². The first-order valence-electron chi connectivity index (χ1n) is 8.65. The van der Waals surface area contributed by atoms with Crippen LogP contribution in [0.4, 0.5) is 19.7 Å². The van der Waals surface area contributed by atoms with Crippen molar-refractivity contribution in [3.63, 3.8) is 0 Å². The molecule has 1 unspecified atom stereocenters. The molecule has 0 saturated carbocycles. The third-order valence-electron chi connectivity index (χ3n) is 4.48. The van der Waals surface area contributed by atoms with E-state index in [1.807, 2.05) is 0 Å². The molecule has 2 aromatic rings. The Bertz CT molecular complexity index is 986. The van der Waals surface area contributed by atoms with Gasteiger partial charge >= 0.3 is 12.1 Å². The number of halogens is 2. The number of aromatic hydroxyl groups is 1. The highest BCUT2D eigenvalue weighted by Crippen LogP contribution is 2.24. The molecule has 0 spiro atoms. The van der Waals surface area contributed by atoms with E-state index in [0.717, 1.165) is 5.56 Å². The van der Waals surface area contributed by atoms with Crippen LogP contribution in [0.1, 0.15) is 18.9 Å². The van der Waals surface area contributed by atoms with Crippen molar-refractivity contribution in [2.24, 2.45) is 0 Å². The third kappa shape index (κ3) is 4.65. The van der Waals surface area contributed by atoms with Crippen LogP contribution in [0.2, 0.25) is 0 Å². The van der Waals surface area contributed by atoms with Crippen molar-refractivity contribution < 1.29 is 23.9 Å². The standard InChI is InChI=1S/C19H18BrFN4O4/c1-19(8-7-11-3-2-4-13(26)9-11)16(27)25(18(29)23-19)24-17(28)22-15-6-5-12(20)10-14(15)21/h2-6,9-10,26H,7-8H2,1H3,(H,23,29)(H2,22,24,28). The first-order valence-corrected chi connectivity index (χ1v) is 9.44. The maximum absolute atomic E-state index is 13.8. The molecule has 0 bridgehead atoms. The summed E-state index contributed by atoms with van der Waals surface area (Å²) in [6.07, 6.45) is 0.670. The van der Waals surface area contributed by atoms with Gasteiger partial charge in [0.1, 0.15) is 17.1 Å². The summed E-state index contributed by atoms with van der Waals surface area (Å²) in [6.45, 7) is 1.55. The second-order valence-corrected chi connectivity index (χ2v) is 7.68. The lowest BCUT2D eigenvalue weighted by atomic mass is 9.93. The van der Waals surface area contributed by atoms with E-state index in [9.17, 15) is 23.9 Å². The molecule has 0 aromatic heterocycles. The molecule has 1 saturated heterocycles. The Hall–Kier alpha value is -3.14. The Morgan fingerprint density at radius 3 is 2.72 bits per heavy atom. The number of phenolic OH excluding ortho intramolecular Hbond substituents is 1. The number of nitrogens with one attached hydrogen (secondary N) is 3. The number of aryl methyl sites for hydroxylation is 1. The number of hydrazine groups is 1. The van der Waals surface area contributed by atoms with Gasteiger partial charge in [-0.1, -0.05) is 28.1 Å². The van der Waals surface area contributed by atoms with Crippen LogP contribution in [0.5, 0.6) is 5.75 Å². The van der Waals surface area contributed by atoms with Crippen LogP contribution < -0.4 is 16.1 Å². The lowest BCUT2D eigenvalue weighted by Crippen LogP contribution is -2.50. The summed E-state index contributed by atoms with van der Waals surface area (Å²) < 4.78 is 14.3. The normalized spacial score (nSPS) is 18.5. The number of rotatable bonds is 5. The fourth-order valence-corrected chi connectivity index (χ4v) is 3.24. The van der Waals surface area contributed by atoms with E-state index in [1.165, 1.54) is 24.3 Å². The van der Waals surface area contributed by atoms with Crippen molar-refractivity contribution in [3.8, 4) is 5.75 Å². The first-order chi connectivity index (χ1) is 13.7. The van der Waals surface area contributed by atoms with Gasteiger partial charge in [0.2, 0.25) is 0 Å². The highest BCUT2D eigenvalue weighted by Gasteiger charge is 2.48. The Kier molecular flexibility index (Phi) is 5.73. The topological polar surface area (TPSA) is 111 Å². The number of amides is 5. The van der Waals surface area contributed by atoms with Crippen LogP contribution in [0, 0.1) is 5.82 Å². The molecule has 1 atom stereocenters. The second-order valence-electron chi connectivity index (χ2n) is 6.76. The number of carbonyl (C=O) groups is 3. The smallest absolute Gasteiger partial charge is 0.344 e. The number of nitrogens with zero attached hydrogens (tertiary/aromatic N) is 1. The number of carbonyl (C=O) groups excluding carboxylic acids is 3. The van der Waals surface area contributed by atoms with E-state index in [-0.39, 0.29) is 17.9 Å². The molecular weight excluding hydrogens is 447 g/mol. The van der Waals surface area contributed by atoms with E-state index >= 15 is 0 Å². The van der Waals surface area contributed by atoms with Gasteiger partial charge in [-0.25, -0.2) is 19.4 Å². The van der Waals surface area contributed by atoms with Crippen molar-refractivity contribution in [2.45, 2.75) is 25.3 Å². The molecule has 1 aliphatic rings. The van der Waals surface area contributed by atoms with Gasteiger partial charge < -0.3 is 15.7 Å². The van der Waals surface area contributed by atoms with Gasteiger partial charge in [-0.2, -0.15) is 5.01 Å². The largest absolute Gasteiger partial charge is 0.508 e. The number of hydrogen-bond donors (Lipinski definition) is 4. The summed E-state index contributed by atoms with van der Waals surface area (Å²) in [4.78, 5) is 37.0. The van der Waals surface area contributed by atoms with Crippen molar-refractivity contribution in [3.05, 3.63) is 58.3 Å². The molecule has 29 heavy (non-hydrogen) atoms. The zero-order valence-electron chi connectivity index (χ0n) is 15.3. The van der Waals surface area contributed by atoms with Gasteiger partial charge in [0, 0.05) is 4.47 Å². The molecule has 8 nitrogen and oxygen atoms in total. The van der Waals surface area contributed by atoms with Crippen molar-refractivity contribution in [2.75, 3.05) is 5.32 Å². The second kappa shape index (κ2) is 8.08. The maximum atomic E-state index is 13.8. The van der Waals surface area contributed by atoms with Crippen LogP contribution in [0.3, 0.4) is 0 Å². The Balaban J connectivity index is 1.64. The Morgan fingerprint density at radius 2 is 2.03 bits per heavy atom. The molecule has 0 aliphatic carbocycles. The lowest BCUT2D eigenvalue weighted by Gasteiger charge is -2.21. The Morgan fingerprint density at radius 1 is 1.28 bits per heavy atom. The van der Waals surface area contributed by atoms with E-state index in [2.05, 4.69) is 32.0 Å². The van der Waals surface area contributed by atoms with Gasteiger partial charge in [-0.15, -0.1) is 0 Å². The van der Waals surface area contributed by atoms with Crippen LogP contribution in [0.25, 0.3) is 0 Å². The molecule has 4 N–H and O–H groups in total. The SMILES string of the molecule is CC1(CCc2cccc(O)c2)NC(=O)N(NC(=O)Nc2ccc(Br)cc2F)C1=O. The van der Waals surface area contributed by atoms with E-state index in [1.54, 1.807) is 25.1 Å². The van der Waals surface area contributed by atoms with Crippen molar-refractivity contribution >= 4 is 39.6 Å². The van der Waals surface area contributed by atoms with Crippen LogP contribution >= 0.6 is 15.9 Å². The number of urea groups is 2. The van der Waals surface area contributed by atoms with Gasteiger partial charge in [-0.3, -0.25) is 4.79 Å². The minimum absolute atomic E-state index is 0.106. The fourth-order valence-electron chi connectivity index (χ4n) is 2.90. The Labute approximate surface area is 174 Å². The monoisotopic (exact) mass is 464 g/mol. The number of anilines is 1. The fraction of sp³-hybridized carbons (Fsp3) is 0.211. The molecule has 152 valence electrons. The maximum Gasteiger partial charge on any atom is 0.344 e. The van der Waals surface area contributed by atoms with Gasteiger partial charge in [0.05, 0.1) is 5.69 Å². The van der Waals surface area contributed by atoms with E-state index < -0.39 is 29.3 Å². The lowest BCUT2D eigenvalue weighted by molar-refractivity contribution is -0.132. The highest BCUT2D eigenvalue weighted by molar-refractivity contribution is 9.10. The minimum atomic E-state index is -1.24. The first kappa shape index (κ1) is 20.6. The van der Waals surface area contributed by atoms with Crippen molar-refractivity contribution in [1.29, 1.82) is 0 Å². The molecule has 1 heterocycles. The molecule has 10 heteroatoms. The molecule has 0 radical (unpaired) electrons. The zero-order valence-corrected chi connectivity index (χ0v) is 16.9. The minimum Gasteiger partial charge on any atom is -0.508 e. The van der Waals surface area contributed by atoms with Crippen molar-refractivity contribution in [1.82, 2.24) is 15.8 Å². The molecule has 2 aromatic carbocycles. The van der Waals surface area contributed by atoms with Crippen LogP contribution in [-0.2, 0) is 11.2 Å². The molecule has 3 rings (SSSR count). The summed E-state index contributed by atoms with van der Waals surface area (Å²) in [5.74, 6) is -1.22.